The van der Waals surface area contributed by atoms with Crippen LogP contribution in [0.3, 0.4) is 0 Å². The Hall–Kier alpha value is -0.930. The molecule has 0 aromatic carbocycles. The van der Waals surface area contributed by atoms with Gasteiger partial charge in [-0.05, 0) is 26.0 Å². The molecule has 1 aromatic heterocycles. The summed E-state index contributed by atoms with van der Waals surface area (Å²) in [4.78, 5) is 4.53. The Morgan fingerprint density at radius 2 is 1.88 bits per heavy atom. The van der Waals surface area contributed by atoms with Gasteiger partial charge in [-0.1, -0.05) is 19.9 Å². The summed E-state index contributed by atoms with van der Waals surface area (Å²) < 4.78 is 5.53. The van der Waals surface area contributed by atoms with E-state index >= 15 is 0 Å². The van der Waals surface area contributed by atoms with Crippen LogP contribution in [0.5, 0.6) is 0 Å². The molecule has 0 aliphatic rings. The van der Waals surface area contributed by atoms with Crippen LogP contribution in [0.15, 0.2) is 18.2 Å². The molecule has 1 heterocycles. The minimum Gasteiger partial charge on any atom is -0.373 e. The fraction of sp³-hybridized carbons (Fsp3) is 0.615. The van der Waals surface area contributed by atoms with Gasteiger partial charge >= 0.3 is 0 Å². The summed E-state index contributed by atoms with van der Waals surface area (Å²) in [7, 11) is 0. The quantitative estimate of drug-likeness (QED) is 0.803. The number of hydrogen-bond donors (Lipinski definition) is 1. The molecule has 3 heteroatoms. The van der Waals surface area contributed by atoms with Gasteiger partial charge in [0.25, 0.3) is 0 Å². The maximum atomic E-state index is 5.53. The van der Waals surface area contributed by atoms with Crippen molar-refractivity contribution in [1.29, 1.82) is 0 Å². The minimum absolute atomic E-state index is 0.249. The number of aromatic nitrogens is 1. The standard InChI is InChI=1S/C13H22N2O/c1-10(2)14-8-12-6-5-7-13(15-12)9-16-11(3)4/h5-7,10-11,14H,8-9H2,1-4H3. The predicted octanol–water partition coefficient (Wildman–Crippen LogP) is 2.50. The summed E-state index contributed by atoms with van der Waals surface area (Å²) in [6, 6.07) is 6.55. The zero-order valence-electron chi connectivity index (χ0n) is 10.7. The van der Waals surface area contributed by atoms with Gasteiger partial charge in [0.2, 0.25) is 0 Å². The Labute approximate surface area is 98.2 Å². The van der Waals surface area contributed by atoms with Crippen LogP contribution >= 0.6 is 0 Å². The molecule has 0 atom stereocenters. The monoisotopic (exact) mass is 222 g/mol. The molecular weight excluding hydrogens is 200 g/mol. The molecular formula is C13H22N2O. The first-order valence-electron chi connectivity index (χ1n) is 5.87. The smallest absolute Gasteiger partial charge is 0.0891 e. The summed E-state index contributed by atoms with van der Waals surface area (Å²) in [5.74, 6) is 0. The zero-order valence-corrected chi connectivity index (χ0v) is 10.7. The van der Waals surface area contributed by atoms with E-state index in [1.54, 1.807) is 0 Å². The lowest BCUT2D eigenvalue weighted by Crippen LogP contribution is -2.22. The second kappa shape index (κ2) is 6.61. The first kappa shape index (κ1) is 13.1. The number of rotatable bonds is 6. The van der Waals surface area contributed by atoms with Crippen LogP contribution < -0.4 is 5.32 Å². The molecule has 1 N–H and O–H groups in total. The van der Waals surface area contributed by atoms with Crippen LogP contribution in [0.25, 0.3) is 0 Å². The summed E-state index contributed by atoms with van der Waals surface area (Å²) in [6.07, 6.45) is 0.249. The largest absolute Gasteiger partial charge is 0.373 e. The van der Waals surface area contributed by atoms with E-state index in [1.165, 1.54) is 0 Å². The maximum absolute atomic E-state index is 5.53. The van der Waals surface area contributed by atoms with Gasteiger partial charge in [-0.3, -0.25) is 4.98 Å². The highest BCUT2D eigenvalue weighted by molar-refractivity contribution is 5.10. The van der Waals surface area contributed by atoms with Gasteiger partial charge in [0, 0.05) is 12.6 Å². The Kier molecular flexibility index (Phi) is 5.43. The lowest BCUT2D eigenvalue weighted by Gasteiger charge is -2.10. The SMILES string of the molecule is CC(C)NCc1cccc(COC(C)C)n1. The molecule has 0 spiro atoms. The Morgan fingerprint density at radius 1 is 1.19 bits per heavy atom. The highest BCUT2D eigenvalue weighted by Gasteiger charge is 2.00. The van der Waals surface area contributed by atoms with Crippen molar-refractivity contribution in [3.05, 3.63) is 29.6 Å². The van der Waals surface area contributed by atoms with Gasteiger partial charge < -0.3 is 10.1 Å². The third-order valence-electron chi connectivity index (χ3n) is 2.12. The summed E-state index contributed by atoms with van der Waals surface area (Å²) in [6.45, 7) is 9.73. The molecule has 1 rings (SSSR count). The molecule has 0 aliphatic heterocycles. The highest BCUT2D eigenvalue weighted by atomic mass is 16.5. The highest BCUT2D eigenvalue weighted by Crippen LogP contribution is 2.03. The van der Waals surface area contributed by atoms with Gasteiger partial charge in [-0.25, -0.2) is 0 Å². The van der Waals surface area contributed by atoms with Crippen molar-refractivity contribution in [2.24, 2.45) is 0 Å². The first-order chi connectivity index (χ1) is 7.58. The summed E-state index contributed by atoms with van der Waals surface area (Å²) in [5.41, 5.74) is 2.07. The normalized spacial score (nSPS) is 11.4. The number of pyridine rings is 1. The van der Waals surface area contributed by atoms with Crippen molar-refractivity contribution in [1.82, 2.24) is 10.3 Å². The van der Waals surface area contributed by atoms with Crippen molar-refractivity contribution in [3.63, 3.8) is 0 Å². The third kappa shape index (κ3) is 5.24. The van der Waals surface area contributed by atoms with E-state index in [4.69, 9.17) is 4.74 Å². The molecule has 3 nitrogen and oxygen atoms in total. The lowest BCUT2D eigenvalue weighted by molar-refractivity contribution is 0.0635. The Bertz CT molecular complexity index is 283. The van der Waals surface area contributed by atoms with E-state index in [0.717, 1.165) is 17.9 Å². The number of nitrogens with one attached hydrogen (secondary N) is 1. The number of nitrogens with zero attached hydrogens (tertiary/aromatic N) is 1. The van der Waals surface area contributed by atoms with Crippen LogP contribution in [0, 0.1) is 0 Å². The fourth-order valence-corrected chi connectivity index (χ4v) is 1.27. The number of hydrogen-bond acceptors (Lipinski definition) is 3. The van der Waals surface area contributed by atoms with Gasteiger partial charge in [0.15, 0.2) is 0 Å². The van der Waals surface area contributed by atoms with Gasteiger partial charge in [-0.2, -0.15) is 0 Å². The zero-order chi connectivity index (χ0) is 12.0. The average Bonchev–Trinajstić information content (AvgIpc) is 2.24. The molecule has 0 bridgehead atoms. The van der Waals surface area contributed by atoms with E-state index in [-0.39, 0.29) is 6.10 Å². The molecule has 0 saturated heterocycles. The molecule has 0 aliphatic carbocycles. The van der Waals surface area contributed by atoms with E-state index in [9.17, 15) is 0 Å². The van der Waals surface area contributed by atoms with Crippen LogP contribution in [-0.4, -0.2) is 17.1 Å². The second-order valence-electron chi connectivity index (χ2n) is 4.52. The van der Waals surface area contributed by atoms with Crippen LogP contribution in [0.2, 0.25) is 0 Å². The van der Waals surface area contributed by atoms with Crippen LogP contribution in [-0.2, 0) is 17.9 Å². The van der Waals surface area contributed by atoms with E-state index in [2.05, 4.69) is 24.1 Å². The van der Waals surface area contributed by atoms with Crippen molar-refractivity contribution < 1.29 is 4.74 Å². The van der Waals surface area contributed by atoms with Crippen molar-refractivity contribution in [2.75, 3.05) is 0 Å². The lowest BCUT2D eigenvalue weighted by atomic mass is 10.3. The molecule has 0 radical (unpaired) electrons. The average molecular weight is 222 g/mol. The molecule has 0 amide bonds. The summed E-state index contributed by atoms with van der Waals surface area (Å²) >= 11 is 0. The fourth-order valence-electron chi connectivity index (χ4n) is 1.27. The summed E-state index contributed by atoms with van der Waals surface area (Å²) in [5, 5.41) is 3.35. The Morgan fingerprint density at radius 3 is 2.50 bits per heavy atom. The van der Waals surface area contributed by atoms with Crippen LogP contribution in [0.4, 0.5) is 0 Å². The maximum Gasteiger partial charge on any atom is 0.0891 e. The second-order valence-corrected chi connectivity index (χ2v) is 4.52. The van der Waals surface area contributed by atoms with Crippen molar-refractivity contribution >= 4 is 0 Å². The van der Waals surface area contributed by atoms with Gasteiger partial charge in [-0.15, -0.1) is 0 Å². The first-order valence-corrected chi connectivity index (χ1v) is 5.87. The molecule has 1 aromatic rings. The van der Waals surface area contributed by atoms with Gasteiger partial charge in [0.05, 0.1) is 24.1 Å². The minimum atomic E-state index is 0.249. The van der Waals surface area contributed by atoms with Gasteiger partial charge in [0.1, 0.15) is 0 Å². The van der Waals surface area contributed by atoms with E-state index in [0.29, 0.717) is 12.6 Å². The third-order valence-corrected chi connectivity index (χ3v) is 2.12. The van der Waals surface area contributed by atoms with E-state index in [1.807, 2.05) is 32.0 Å². The van der Waals surface area contributed by atoms with E-state index < -0.39 is 0 Å². The molecule has 90 valence electrons. The molecule has 0 saturated carbocycles. The molecule has 0 unspecified atom stereocenters. The molecule has 16 heavy (non-hydrogen) atoms. The predicted molar refractivity (Wildman–Crippen MR) is 66.1 cm³/mol. The van der Waals surface area contributed by atoms with Crippen LogP contribution in [0.1, 0.15) is 39.1 Å². The number of ether oxygens (including phenoxy) is 1. The van der Waals surface area contributed by atoms with Crippen molar-refractivity contribution in [3.8, 4) is 0 Å². The van der Waals surface area contributed by atoms with Crippen molar-refractivity contribution in [2.45, 2.75) is 53.0 Å². The topological polar surface area (TPSA) is 34.1 Å². The Balaban J connectivity index is 2.50. The molecule has 0 fully saturated rings.